The topological polar surface area (TPSA) is 0 Å². The average molecular weight is 670 g/mol. The Labute approximate surface area is 235 Å². The SMILES string of the molecule is [CH]([CH]c1ccccc1)[CH]c1ccccc1.[CH]([CH]c1ccccc1)[CH]c1ccccc1.[Cl][Pd+].[Cl][Pd+]. The summed E-state index contributed by atoms with van der Waals surface area (Å²) in [4.78, 5) is 0. The Hall–Kier alpha value is -1.22. The van der Waals surface area contributed by atoms with E-state index in [0.717, 1.165) is 0 Å². The zero-order valence-corrected chi connectivity index (χ0v) is 23.0. The van der Waals surface area contributed by atoms with Crippen LogP contribution in [0, 0.1) is 38.5 Å². The maximum absolute atomic E-state index is 4.49. The fraction of sp³-hybridized carbons (Fsp3) is 0. The molecule has 4 rings (SSSR count). The monoisotopic (exact) mass is 668 g/mol. The van der Waals surface area contributed by atoms with Gasteiger partial charge in [-0.3, -0.25) is 0 Å². The van der Waals surface area contributed by atoms with Crippen LogP contribution in [0.5, 0.6) is 0 Å². The number of halogens is 2. The number of hydrogen-bond acceptors (Lipinski definition) is 0. The van der Waals surface area contributed by atoms with E-state index in [9.17, 15) is 0 Å². The first kappa shape index (κ1) is 30.8. The van der Waals surface area contributed by atoms with Crippen LogP contribution in [-0.2, 0) is 36.4 Å². The summed E-state index contributed by atoms with van der Waals surface area (Å²) in [6.07, 6.45) is 12.6. The fourth-order valence-corrected chi connectivity index (χ4v) is 2.80. The Kier molecular flexibility index (Phi) is 20.2. The molecule has 4 heteroatoms. The van der Waals surface area contributed by atoms with Crippen LogP contribution >= 0.6 is 19.1 Å². The third-order valence-corrected chi connectivity index (χ3v) is 4.35. The maximum atomic E-state index is 4.49. The van der Waals surface area contributed by atoms with Gasteiger partial charge in [0.25, 0.3) is 0 Å². The van der Waals surface area contributed by atoms with Crippen LogP contribution < -0.4 is 0 Å². The minimum atomic E-state index is 1.23. The first-order chi connectivity index (χ1) is 16.9. The second-order valence-electron chi connectivity index (χ2n) is 6.69. The molecule has 0 fully saturated rings. The summed E-state index contributed by atoms with van der Waals surface area (Å²) in [6.45, 7) is 0. The van der Waals surface area contributed by atoms with E-state index in [1.54, 1.807) is 0 Å². The molecule has 0 amide bonds. The van der Waals surface area contributed by atoms with Crippen LogP contribution in [0.1, 0.15) is 22.3 Å². The Bertz CT molecular complexity index is 774. The van der Waals surface area contributed by atoms with Gasteiger partial charge in [0.15, 0.2) is 0 Å². The van der Waals surface area contributed by atoms with Crippen molar-refractivity contribution in [3.05, 3.63) is 182 Å². The molecule has 0 saturated heterocycles. The van der Waals surface area contributed by atoms with E-state index in [4.69, 9.17) is 0 Å². The van der Waals surface area contributed by atoms with Crippen molar-refractivity contribution in [3.8, 4) is 0 Å². The molecule has 0 nitrogen and oxygen atoms in total. The molecule has 0 bridgehead atoms. The zero-order chi connectivity index (χ0) is 24.7. The molecule has 0 aliphatic rings. The molecule has 0 N–H and O–H groups in total. The summed E-state index contributed by atoms with van der Waals surface area (Å²) < 4.78 is 0. The Morgan fingerprint density at radius 3 is 0.676 bits per heavy atom. The van der Waals surface area contributed by atoms with Gasteiger partial charge >= 0.3 is 55.4 Å². The molecule has 0 aliphatic heterocycles. The van der Waals surface area contributed by atoms with Gasteiger partial charge in [0.2, 0.25) is 0 Å². The molecule has 0 unspecified atom stereocenters. The van der Waals surface area contributed by atoms with Crippen LogP contribution in [0.2, 0.25) is 0 Å². The third-order valence-electron chi connectivity index (χ3n) is 4.35. The Balaban J connectivity index is 0.000000297. The van der Waals surface area contributed by atoms with Crippen molar-refractivity contribution >= 4 is 19.1 Å². The van der Waals surface area contributed by atoms with Crippen molar-refractivity contribution in [3.63, 3.8) is 0 Å². The van der Waals surface area contributed by atoms with Crippen LogP contribution in [-0.4, -0.2) is 0 Å². The van der Waals surface area contributed by atoms with Crippen molar-refractivity contribution in [2.24, 2.45) is 0 Å². The quantitative estimate of drug-likeness (QED) is 0.165. The molecule has 0 spiro atoms. The molecule has 4 aromatic rings. The summed E-state index contributed by atoms with van der Waals surface area (Å²) in [5.74, 6) is 0. The van der Waals surface area contributed by atoms with E-state index in [-0.39, 0.29) is 0 Å². The predicted molar refractivity (Wildman–Crippen MR) is 140 cm³/mol. The predicted octanol–water partition coefficient (Wildman–Crippen LogP) is 8.77. The third kappa shape index (κ3) is 14.9. The van der Waals surface area contributed by atoms with Crippen molar-refractivity contribution in [2.75, 3.05) is 0 Å². The van der Waals surface area contributed by atoms with Crippen LogP contribution in [0.15, 0.2) is 121 Å². The van der Waals surface area contributed by atoms with Crippen LogP contribution in [0.25, 0.3) is 0 Å². The standard InChI is InChI=1S/2C15H13.2ClH.2Pd/c2*1-3-8-14(9-4-1)12-7-13-15-10-5-2-6-11-15;;;;/h2*1-13H;2*1H;;/q;;;;2*+2/p-2. The first-order valence-corrected chi connectivity index (χ1v) is 14.4. The molecular formula is C30H26Cl2Pd2+2. The van der Waals surface area contributed by atoms with E-state index >= 15 is 0 Å². The zero-order valence-electron chi connectivity index (χ0n) is 18.4. The molecule has 4 aromatic carbocycles. The number of rotatable bonds is 8. The van der Waals surface area contributed by atoms with Crippen molar-refractivity contribution in [1.82, 2.24) is 0 Å². The van der Waals surface area contributed by atoms with Gasteiger partial charge in [-0.2, -0.15) is 0 Å². The average Bonchev–Trinajstić information content (AvgIpc) is 2.94. The van der Waals surface area contributed by atoms with Gasteiger partial charge in [-0.1, -0.05) is 121 Å². The van der Waals surface area contributed by atoms with E-state index < -0.39 is 0 Å². The molecule has 0 saturated carbocycles. The van der Waals surface area contributed by atoms with E-state index in [2.05, 4.69) is 142 Å². The second-order valence-corrected chi connectivity index (χ2v) is 6.69. The second kappa shape index (κ2) is 22.3. The van der Waals surface area contributed by atoms with Gasteiger partial charge in [-0.15, -0.1) is 0 Å². The summed E-state index contributed by atoms with van der Waals surface area (Å²) in [7, 11) is 8.98. The van der Waals surface area contributed by atoms with E-state index in [1.807, 2.05) is 72.8 Å². The van der Waals surface area contributed by atoms with Gasteiger partial charge in [0.05, 0.1) is 0 Å². The molecule has 34 heavy (non-hydrogen) atoms. The molecule has 0 heterocycles. The molecule has 0 aliphatic carbocycles. The van der Waals surface area contributed by atoms with Crippen molar-refractivity contribution < 1.29 is 36.4 Å². The summed E-state index contributed by atoms with van der Waals surface area (Å²) in [5.41, 5.74) is 4.91. The van der Waals surface area contributed by atoms with Gasteiger partial charge in [0, 0.05) is 0 Å². The summed E-state index contributed by atoms with van der Waals surface area (Å²) >= 11 is 4.44. The minimum absolute atomic E-state index is 1.23. The molecule has 0 atom stereocenters. The molecule has 178 valence electrons. The van der Waals surface area contributed by atoms with E-state index in [1.165, 1.54) is 22.3 Å². The van der Waals surface area contributed by atoms with Gasteiger partial charge in [0.1, 0.15) is 0 Å². The summed E-state index contributed by atoms with van der Waals surface area (Å²) in [5, 5.41) is 0. The van der Waals surface area contributed by atoms with Crippen molar-refractivity contribution in [2.45, 2.75) is 0 Å². The number of benzene rings is 4. The molecular weight excluding hydrogens is 644 g/mol. The Morgan fingerprint density at radius 2 is 0.500 bits per heavy atom. The van der Waals surface area contributed by atoms with Crippen LogP contribution in [0.4, 0.5) is 0 Å². The Morgan fingerprint density at radius 1 is 0.324 bits per heavy atom. The normalized spacial score (nSPS) is 9.35. The van der Waals surface area contributed by atoms with Gasteiger partial charge < -0.3 is 0 Å². The fourth-order valence-electron chi connectivity index (χ4n) is 2.80. The molecule has 6 radical (unpaired) electrons. The molecule has 0 aromatic heterocycles. The first-order valence-electron chi connectivity index (χ1n) is 10.4. The van der Waals surface area contributed by atoms with Gasteiger partial charge in [-0.05, 0) is 60.8 Å². The summed E-state index contributed by atoms with van der Waals surface area (Å²) in [6, 6.07) is 41.2. The van der Waals surface area contributed by atoms with E-state index in [0.29, 0.717) is 0 Å². The number of hydrogen-bond donors (Lipinski definition) is 0. The van der Waals surface area contributed by atoms with Crippen LogP contribution in [0.3, 0.4) is 0 Å². The van der Waals surface area contributed by atoms with Gasteiger partial charge in [-0.25, -0.2) is 0 Å². The van der Waals surface area contributed by atoms with Crippen molar-refractivity contribution in [1.29, 1.82) is 0 Å².